The molecule has 0 bridgehead atoms. The first-order valence-corrected chi connectivity index (χ1v) is 9.35. The maximum atomic E-state index is 11.6. The lowest BCUT2D eigenvalue weighted by atomic mass is 10.2. The zero-order chi connectivity index (χ0) is 16.4. The molecule has 1 aromatic heterocycles. The van der Waals surface area contributed by atoms with Crippen molar-refractivity contribution in [2.45, 2.75) is 19.4 Å². The van der Waals surface area contributed by atoms with E-state index in [1.165, 1.54) is 0 Å². The minimum absolute atomic E-state index is 0.0262. The molecule has 23 heavy (non-hydrogen) atoms. The Morgan fingerprint density at radius 1 is 1.30 bits per heavy atom. The fourth-order valence-electron chi connectivity index (χ4n) is 2.73. The maximum Gasteiger partial charge on any atom is 0.229 e. The molecule has 1 atom stereocenters. The van der Waals surface area contributed by atoms with E-state index in [4.69, 9.17) is 0 Å². The summed E-state index contributed by atoms with van der Waals surface area (Å²) in [6.45, 7) is 2.02. The maximum absolute atomic E-state index is 11.6. The van der Waals surface area contributed by atoms with Gasteiger partial charge in [-0.3, -0.25) is 0 Å². The first-order chi connectivity index (χ1) is 10.9. The molecule has 122 valence electrons. The summed E-state index contributed by atoms with van der Waals surface area (Å²) >= 11 is 0. The molecule has 1 aliphatic rings. The largest absolute Gasteiger partial charge is 0.355 e. The molecule has 1 aliphatic heterocycles. The summed E-state index contributed by atoms with van der Waals surface area (Å²) in [6, 6.07) is 9.74. The summed E-state index contributed by atoms with van der Waals surface area (Å²) in [5.74, 6) is 1.66. The van der Waals surface area contributed by atoms with E-state index in [0.29, 0.717) is 12.4 Å². The normalized spacial score (nSPS) is 19.5. The summed E-state index contributed by atoms with van der Waals surface area (Å²) in [6.07, 6.45) is 2.32. The van der Waals surface area contributed by atoms with Crippen LogP contribution in [0.25, 0.3) is 0 Å². The number of rotatable bonds is 4. The lowest BCUT2D eigenvalue weighted by molar-refractivity contribution is 0.600. The van der Waals surface area contributed by atoms with Crippen LogP contribution in [0.5, 0.6) is 0 Å². The fourth-order valence-corrected chi connectivity index (χ4v) is 4.50. The Labute approximate surface area is 136 Å². The Morgan fingerprint density at radius 3 is 2.83 bits per heavy atom. The first kappa shape index (κ1) is 15.7. The molecular formula is C16H20N4O2S. The van der Waals surface area contributed by atoms with E-state index in [-0.39, 0.29) is 17.5 Å². The van der Waals surface area contributed by atoms with Crippen LogP contribution in [-0.2, 0) is 9.84 Å². The molecule has 1 N–H and O–H groups in total. The summed E-state index contributed by atoms with van der Waals surface area (Å²) in [5, 5.41) is 3.18. The number of hydrogen-bond acceptors (Lipinski definition) is 6. The van der Waals surface area contributed by atoms with Crippen molar-refractivity contribution in [3.05, 3.63) is 42.1 Å². The molecule has 6 nitrogen and oxygen atoms in total. The van der Waals surface area contributed by atoms with Gasteiger partial charge in [0.2, 0.25) is 5.95 Å². The second-order valence-corrected chi connectivity index (χ2v) is 8.13. The standard InChI is InChI=1S/C16H20N4O2S/c1-12-4-3-5-13(10-12)18-16-17-8-6-15(19-16)20(2)14-7-9-23(21,22)11-14/h3-6,8,10,14H,7,9,11H2,1-2H3,(H,17,18,19). The van der Waals surface area contributed by atoms with E-state index in [1.54, 1.807) is 12.3 Å². The molecule has 1 unspecified atom stereocenters. The fraction of sp³-hybridized carbons (Fsp3) is 0.375. The highest BCUT2D eigenvalue weighted by molar-refractivity contribution is 7.91. The van der Waals surface area contributed by atoms with E-state index in [1.807, 2.05) is 43.1 Å². The van der Waals surface area contributed by atoms with Gasteiger partial charge in [-0.15, -0.1) is 0 Å². The Hall–Kier alpha value is -2.15. The Bertz CT molecular complexity index is 807. The summed E-state index contributed by atoms with van der Waals surface area (Å²) in [4.78, 5) is 10.7. The minimum atomic E-state index is -2.91. The van der Waals surface area contributed by atoms with Crippen molar-refractivity contribution in [3.63, 3.8) is 0 Å². The summed E-state index contributed by atoms with van der Waals surface area (Å²) in [7, 11) is -1.03. The van der Waals surface area contributed by atoms with Gasteiger partial charge in [-0.25, -0.2) is 13.4 Å². The lowest BCUT2D eigenvalue weighted by Crippen LogP contribution is -2.33. The van der Waals surface area contributed by atoms with Gasteiger partial charge < -0.3 is 10.2 Å². The van der Waals surface area contributed by atoms with Crippen molar-refractivity contribution in [2.75, 3.05) is 28.8 Å². The van der Waals surface area contributed by atoms with Crippen LogP contribution in [-0.4, -0.2) is 43.0 Å². The molecule has 1 fully saturated rings. The predicted molar refractivity (Wildman–Crippen MR) is 92.0 cm³/mol. The smallest absolute Gasteiger partial charge is 0.229 e. The van der Waals surface area contributed by atoms with Gasteiger partial charge in [0.05, 0.1) is 11.5 Å². The van der Waals surface area contributed by atoms with E-state index >= 15 is 0 Å². The van der Waals surface area contributed by atoms with Crippen molar-refractivity contribution < 1.29 is 8.42 Å². The van der Waals surface area contributed by atoms with Gasteiger partial charge in [-0.05, 0) is 37.1 Å². The second-order valence-electron chi connectivity index (χ2n) is 5.90. The zero-order valence-electron chi connectivity index (χ0n) is 13.2. The Balaban J connectivity index is 1.77. The van der Waals surface area contributed by atoms with Crippen molar-refractivity contribution in [3.8, 4) is 0 Å². The van der Waals surface area contributed by atoms with Gasteiger partial charge in [0, 0.05) is 25.0 Å². The van der Waals surface area contributed by atoms with Gasteiger partial charge in [0.1, 0.15) is 5.82 Å². The number of aryl methyl sites for hydroxylation is 1. The minimum Gasteiger partial charge on any atom is -0.355 e. The average Bonchev–Trinajstić information content (AvgIpc) is 2.87. The number of aromatic nitrogens is 2. The molecule has 7 heteroatoms. The Kier molecular flexibility index (Phi) is 4.21. The highest BCUT2D eigenvalue weighted by atomic mass is 32.2. The van der Waals surface area contributed by atoms with Gasteiger partial charge in [-0.1, -0.05) is 12.1 Å². The van der Waals surface area contributed by atoms with Crippen molar-refractivity contribution in [1.29, 1.82) is 0 Å². The number of nitrogens with one attached hydrogen (secondary N) is 1. The average molecular weight is 332 g/mol. The van der Waals surface area contributed by atoms with E-state index in [0.717, 1.165) is 17.1 Å². The molecule has 0 spiro atoms. The van der Waals surface area contributed by atoms with Crippen LogP contribution >= 0.6 is 0 Å². The molecule has 2 heterocycles. The van der Waals surface area contributed by atoms with Crippen molar-refractivity contribution in [2.24, 2.45) is 0 Å². The molecule has 0 saturated carbocycles. The number of hydrogen-bond donors (Lipinski definition) is 1. The second kappa shape index (κ2) is 6.16. The van der Waals surface area contributed by atoms with E-state index in [2.05, 4.69) is 15.3 Å². The zero-order valence-corrected chi connectivity index (χ0v) is 14.0. The van der Waals surface area contributed by atoms with Gasteiger partial charge in [-0.2, -0.15) is 4.98 Å². The van der Waals surface area contributed by atoms with Crippen LogP contribution in [0.1, 0.15) is 12.0 Å². The highest BCUT2D eigenvalue weighted by Gasteiger charge is 2.31. The third-order valence-electron chi connectivity index (χ3n) is 4.03. The van der Waals surface area contributed by atoms with Gasteiger partial charge in [0.15, 0.2) is 9.84 Å². The Morgan fingerprint density at radius 2 is 2.13 bits per heavy atom. The quantitative estimate of drug-likeness (QED) is 0.925. The highest BCUT2D eigenvalue weighted by Crippen LogP contribution is 2.22. The topological polar surface area (TPSA) is 75.2 Å². The SMILES string of the molecule is Cc1cccc(Nc2nccc(N(C)C3CCS(=O)(=O)C3)n2)c1. The molecule has 1 aromatic carbocycles. The molecular weight excluding hydrogens is 312 g/mol. The van der Waals surface area contributed by atoms with Crippen LogP contribution in [0.3, 0.4) is 0 Å². The molecule has 2 aromatic rings. The summed E-state index contributed by atoms with van der Waals surface area (Å²) < 4.78 is 23.3. The summed E-state index contributed by atoms with van der Waals surface area (Å²) in [5.41, 5.74) is 2.08. The molecule has 0 aliphatic carbocycles. The third-order valence-corrected chi connectivity index (χ3v) is 5.78. The van der Waals surface area contributed by atoms with Crippen molar-refractivity contribution >= 4 is 27.3 Å². The number of nitrogens with zero attached hydrogens (tertiary/aromatic N) is 3. The number of anilines is 3. The van der Waals surface area contributed by atoms with Crippen LogP contribution < -0.4 is 10.2 Å². The van der Waals surface area contributed by atoms with Crippen LogP contribution in [0, 0.1) is 6.92 Å². The predicted octanol–water partition coefficient (Wildman–Crippen LogP) is 2.15. The molecule has 0 radical (unpaired) electrons. The van der Waals surface area contributed by atoms with E-state index in [9.17, 15) is 8.42 Å². The lowest BCUT2D eigenvalue weighted by Gasteiger charge is -2.24. The molecule has 3 rings (SSSR count). The molecule has 0 amide bonds. The van der Waals surface area contributed by atoms with Crippen LogP contribution in [0.4, 0.5) is 17.5 Å². The first-order valence-electron chi connectivity index (χ1n) is 7.53. The van der Waals surface area contributed by atoms with Crippen LogP contribution in [0.2, 0.25) is 0 Å². The van der Waals surface area contributed by atoms with Gasteiger partial charge >= 0.3 is 0 Å². The van der Waals surface area contributed by atoms with Crippen molar-refractivity contribution in [1.82, 2.24) is 9.97 Å². The monoisotopic (exact) mass is 332 g/mol. The van der Waals surface area contributed by atoms with Crippen LogP contribution in [0.15, 0.2) is 36.5 Å². The molecule has 1 saturated heterocycles. The third kappa shape index (κ3) is 3.79. The number of benzene rings is 1. The van der Waals surface area contributed by atoms with E-state index < -0.39 is 9.84 Å². The van der Waals surface area contributed by atoms with Gasteiger partial charge in [0.25, 0.3) is 0 Å². The number of sulfone groups is 1.